The molecular formula is C9H10BrN. The summed E-state index contributed by atoms with van der Waals surface area (Å²) in [5.74, 6) is 0. The highest BCUT2D eigenvalue weighted by Gasteiger charge is 2.11. The van der Waals surface area contributed by atoms with Gasteiger partial charge in [0.15, 0.2) is 0 Å². The number of aryl methyl sites for hydroxylation is 1. The minimum atomic E-state index is 1.09. The van der Waals surface area contributed by atoms with Crippen molar-refractivity contribution >= 4 is 21.6 Å². The van der Waals surface area contributed by atoms with Gasteiger partial charge in [0.25, 0.3) is 0 Å². The minimum absolute atomic E-state index is 1.09. The Morgan fingerprint density at radius 3 is 3.09 bits per heavy atom. The Morgan fingerprint density at radius 1 is 1.45 bits per heavy atom. The molecule has 1 aromatic rings. The van der Waals surface area contributed by atoms with E-state index in [9.17, 15) is 0 Å². The Balaban J connectivity index is 2.60. The van der Waals surface area contributed by atoms with Crippen LogP contribution in [-0.2, 0) is 6.42 Å². The molecule has 11 heavy (non-hydrogen) atoms. The van der Waals surface area contributed by atoms with Gasteiger partial charge in [-0.2, -0.15) is 0 Å². The van der Waals surface area contributed by atoms with Crippen molar-refractivity contribution < 1.29 is 0 Å². The molecule has 1 heterocycles. The lowest BCUT2D eigenvalue weighted by Gasteiger charge is -2.04. The standard InChI is InChI=1S/C9H10BrN/c1-6-4-8(10)5-7-2-3-11-9(6)7/h4-5,11H,2-3H2,1H3. The van der Waals surface area contributed by atoms with E-state index in [-0.39, 0.29) is 0 Å². The molecule has 2 rings (SSSR count). The molecule has 0 amide bonds. The quantitative estimate of drug-likeness (QED) is 0.697. The van der Waals surface area contributed by atoms with E-state index in [2.05, 4.69) is 40.3 Å². The van der Waals surface area contributed by atoms with Crippen LogP contribution in [0.4, 0.5) is 5.69 Å². The van der Waals surface area contributed by atoms with Crippen molar-refractivity contribution in [1.82, 2.24) is 0 Å². The Labute approximate surface area is 74.9 Å². The first-order valence-corrected chi connectivity index (χ1v) is 4.59. The van der Waals surface area contributed by atoms with Crippen molar-refractivity contribution in [3.05, 3.63) is 27.7 Å². The highest BCUT2D eigenvalue weighted by Crippen LogP contribution is 2.29. The summed E-state index contributed by atoms with van der Waals surface area (Å²) in [6, 6.07) is 4.35. The monoisotopic (exact) mass is 211 g/mol. The molecule has 0 bridgehead atoms. The first-order valence-electron chi connectivity index (χ1n) is 3.80. The molecule has 58 valence electrons. The molecule has 0 saturated heterocycles. The van der Waals surface area contributed by atoms with Gasteiger partial charge < -0.3 is 5.32 Å². The SMILES string of the molecule is Cc1cc(Br)cc2c1NCC2. The Bertz CT molecular complexity index is 294. The lowest BCUT2D eigenvalue weighted by atomic mass is 10.1. The van der Waals surface area contributed by atoms with Gasteiger partial charge in [-0.1, -0.05) is 15.9 Å². The van der Waals surface area contributed by atoms with E-state index in [1.807, 2.05) is 0 Å². The molecule has 1 nitrogen and oxygen atoms in total. The Morgan fingerprint density at radius 2 is 2.27 bits per heavy atom. The van der Waals surface area contributed by atoms with E-state index in [1.54, 1.807) is 0 Å². The summed E-state index contributed by atoms with van der Waals surface area (Å²) in [4.78, 5) is 0. The van der Waals surface area contributed by atoms with Crippen molar-refractivity contribution in [2.75, 3.05) is 11.9 Å². The zero-order chi connectivity index (χ0) is 7.84. The molecule has 2 heteroatoms. The van der Waals surface area contributed by atoms with Gasteiger partial charge in [0.1, 0.15) is 0 Å². The molecule has 0 aromatic heterocycles. The fourth-order valence-electron chi connectivity index (χ4n) is 1.58. The average molecular weight is 212 g/mol. The van der Waals surface area contributed by atoms with Crippen LogP contribution in [0.25, 0.3) is 0 Å². The van der Waals surface area contributed by atoms with Crippen LogP contribution in [0.5, 0.6) is 0 Å². The zero-order valence-electron chi connectivity index (χ0n) is 6.45. The van der Waals surface area contributed by atoms with E-state index in [0.717, 1.165) is 13.0 Å². The third kappa shape index (κ3) is 1.16. The van der Waals surface area contributed by atoms with Crippen LogP contribution >= 0.6 is 15.9 Å². The second-order valence-electron chi connectivity index (χ2n) is 2.93. The third-order valence-electron chi connectivity index (χ3n) is 2.08. The summed E-state index contributed by atoms with van der Waals surface area (Å²) >= 11 is 3.49. The van der Waals surface area contributed by atoms with Gasteiger partial charge in [-0.25, -0.2) is 0 Å². The van der Waals surface area contributed by atoms with Crippen LogP contribution in [-0.4, -0.2) is 6.54 Å². The first kappa shape index (κ1) is 7.17. The van der Waals surface area contributed by atoms with Gasteiger partial charge in [-0.3, -0.25) is 0 Å². The first-order chi connectivity index (χ1) is 5.27. The number of hydrogen-bond donors (Lipinski definition) is 1. The van der Waals surface area contributed by atoms with E-state index < -0.39 is 0 Å². The molecule has 0 saturated carbocycles. The van der Waals surface area contributed by atoms with E-state index in [0.29, 0.717) is 0 Å². The maximum absolute atomic E-state index is 3.49. The smallest absolute Gasteiger partial charge is 0.0404 e. The average Bonchev–Trinajstić information content (AvgIpc) is 2.34. The molecule has 0 radical (unpaired) electrons. The van der Waals surface area contributed by atoms with Crippen LogP contribution in [0.1, 0.15) is 11.1 Å². The van der Waals surface area contributed by atoms with Gasteiger partial charge in [0, 0.05) is 16.7 Å². The summed E-state index contributed by atoms with van der Waals surface area (Å²) in [7, 11) is 0. The van der Waals surface area contributed by atoms with Gasteiger partial charge >= 0.3 is 0 Å². The molecule has 0 spiro atoms. The number of fused-ring (bicyclic) bond motifs is 1. The minimum Gasteiger partial charge on any atom is -0.384 e. The molecule has 1 aliphatic heterocycles. The topological polar surface area (TPSA) is 12.0 Å². The van der Waals surface area contributed by atoms with Crippen LogP contribution in [0.3, 0.4) is 0 Å². The predicted octanol–water partition coefficient (Wildman–Crippen LogP) is 2.73. The molecule has 1 aliphatic rings. The predicted molar refractivity (Wildman–Crippen MR) is 51.1 cm³/mol. The molecule has 0 unspecified atom stereocenters. The fourth-order valence-corrected chi connectivity index (χ4v) is 2.20. The normalized spacial score (nSPS) is 14.4. The lowest BCUT2D eigenvalue weighted by Crippen LogP contribution is -1.92. The van der Waals surface area contributed by atoms with Crippen molar-refractivity contribution in [3.8, 4) is 0 Å². The van der Waals surface area contributed by atoms with E-state index >= 15 is 0 Å². The van der Waals surface area contributed by atoms with Crippen molar-refractivity contribution in [1.29, 1.82) is 0 Å². The molecular weight excluding hydrogens is 202 g/mol. The van der Waals surface area contributed by atoms with E-state index in [4.69, 9.17) is 0 Å². The zero-order valence-corrected chi connectivity index (χ0v) is 8.03. The van der Waals surface area contributed by atoms with Crippen molar-refractivity contribution in [2.24, 2.45) is 0 Å². The summed E-state index contributed by atoms with van der Waals surface area (Å²) in [6.45, 7) is 3.23. The molecule has 1 aromatic carbocycles. The fraction of sp³-hybridized carbons (Fsp3) is 0.333. The summed E-state index contributed by atoms with van der Waals surface area (Å²) in [5.41, 5.74) is 4.12. The van der Waals surface area contributed by atoms with Gasteiger partial charge in [-0.05, 0) is 36.6 Å². The van der Waals surface area contributed by atoms with Gasteiger partial charge in [-0.15, -0.1) is 0 Å². The summed E-state index contributed by atoms with van der Waals surface area (Å²) in [5, 5.41) is 3.37. The second kappa shape index (κ2) is 2.52. The number of hydrogen-bond acceptors (Lipinski definition) is 1. The number of rotatable bonds is 0. The van der Waals surface area contributed by atoms with E-state index in [1.165, 1.54) is 21.3 Å². The summed E-state index contributed by atoms with van der Waals surface area (Å²) in [6.07, 6.45) is 1.16. The summed E-state index contributed by atoms with van der Waals surface area (Å²) < 4.78 is 1.19. The maximum atomic E-state index is 3.49. The largest absolute Gasteiger partial charge is 0.384 e. The Kier molecular flexibility index (Phi) is 1.64. The number of halogens is 1. The van der Waals surface area contributed by atoms with Crippen LogP contribution in [0.2, 0.25) is 0 Å². The number of nitrogens with one attached hydrogen (secondary N) is 1. The van der Waals surface area contributed by atoms with Crippen LogP contribution in [0, 0.1) is 6.92 Å². The lowest BCUT2D eigenvalue weighted by molar-refractivity contribution is 1.10. The van der Waals surface area contributed by atoms with Gasteiger partial charge in [0.2, 0.25) is 0 Å². The molecule has 0 atom stereocenters. The maximum Gasteiger partial charge on any atom is 0.0404 e. The Hall–Kier alpha value is -0.500. The number of anilines is 1. The van der Waals surface area contributed by atoms with Gasteiger partial charge in [0.05, 0.1) is 0 Å². The molecule has 0 fully saturated rings. The van der Waals surface area contributed by atoms with Crippen LogP contribution in [0.15, 0.2) is 16.6 Å². The number of benzene rings is 1. The van der Waals surface area contributed by atoms with Crippen LogP contribution < -0.4 is 5.32 Å². The highest BCUT2D eigenvalue weighted by molar-refractivity contribution is 9.10. The molecule has 1 N–H and O–H groups in total. The second-order valence-corrected chi connectivity index (χ2v) is 3.85. The molecule has 0 aliphatic carbocycles. The van der Waals surface area contributed by atoms with Crippen molar-refractivity contribution in [3.63, 3.8) is 0 Å². The third-order valence-corrected chi connectivity index (χ3v) is 2.54. The highest BCUT2D eigenvalue weighted by atomic mass is 79.9. The van der Waals surface area contributed by atoms with Crippen molar-refractivity contribution in [2.45, 2.75) is 13.3 Å².